The number of hydrogen-bond donors (Lipinski definition) is 2. The summed E-state index contributed by atoms with van der Waals surface area (Å²) in [4.78, 5) is 11.1. The van der Waals surface area contributed by atoms with E-state index in [4.69, 9.17) is 6.42 Å². The molecule has 84 valence electrons. The Bertz CT molecular complexity index is 269. The maximum absolute atomic E-state index is 11.1. The molecule has 15 heavy (non-hydrogen) atoms. The van der Waals surface area contributed by atoms with Gasteiger partial charge in [-0.1, -0.05) is 25.7 Å². The summed E-state index contributed by atoms with van der Waals surface area (Å²) in [6.07, 6.45) is 8.85. The molecule has 0 bridgehead atoms. The first-order chi connectivity index (χ1) is 7.06. The van der Waals surface area contributed by atoms with Crippen LogP contribution in [0.4, 0.5) is 0 Å². The van der Waals surface area contributed by atoms with Crippen molar-refractivity contribution < 1.29 is 9.90 Å². The van der Waals surface area contributed by atoms with Crippen molar-refractivity contribution in [3.63, 3.8) is 0 Å². The molecular weight excluding hydrogens is 190 g/mol. The normalized spacial score (nSPS) is 30.6. The monoisotopic (exact) mass is 209 g/mol. The van der Waals surface area contributed by atoms with Crippen molar-refractivity contribution in [3.05, 3.63) is 0 Å². The van der Waals surface area contributed by atoms with Crippen LogP contribution in [0.3, 0.4) is 0 Å². The molecule has 1 aliphatic rings. The second-order valence-electron chi connectivity index (χ2n) is 4.58. The molecule has 0 aromatic carbocycles. The van der Waals surface area contributed by atoms with E-state index in [-0.39, 0.29) is 12.3 Å². The summed E-state index contributed by atoms with van der Waals surface area (Å²) < 4.78 is 0. The summed E-state index contributed by atoms with van der Waals surface area (Å²) in [5.74, 6) is 2.64. The van der Waals surface area contributed by atoms with Crippen LogP contribution in [0.15, 0.2) is 0 Å². The van der Waals surface area contributed by atoms with Gasteiger partial charge in [0.05, 0.1) is 12.0 Å². The van der Waals surface area contributed by atoms with E-state index >= 15 is 0 Å². The lowest BCUT2D eigenvalue weighted by molar-refractivity contribution is -0.122. The predicted octanol–water partition coefficient (Wildman–Crippen LogP) is 1.07. The third-order valence-electron chi connectivity index (χ3n) is 2.94. The molecule has 0 spiro atoms. The number of carbonyl (C=O) groups is 1. The van der Waals surface area contributed by atoms with Gasteiger partial charge in [-0.15, -0.1) is 6.42 Å². The molecule has 0 radical (unpaired) electrons. The smallest absolute Gasteiger partial charge is 0.232 e. The average Bonchev–Trinajstić information content (AvgIpc) is 2.15. The molecular formula is C12H19NO2. The Balaban J connectivity index is 2.36. The van der Waals surface area contributed by atoms with Crippen molar-refractivity contribution in [2.24, 2.45) is 5.92 Å². The number of nitrogens with one attached hydrogen (secondary N) is 1. The first-order valence-corrected chi connectivity index (χ1v) is 5.48. The Morgan fingerprint density at radius 2 is 2.47 bits per heavy atom. The number of rotatable bonds is 3. The minimum atomic E-state index is -0.720. The van der Waals surface area contributed by atoms with Crippen LogP contribution >= 0.6 is 0 Å². The molecule has 3 nitrogen and oxygen atoms in total. The molecule has 0 aliphatic heterocycles. The topological polar surface area (TPSA) is 49.3 Å². The molecule has 2 unspecified atom stereocenters. The third kappa shape index (κ3) is 3.93. The zero-order valence-electron chi connectivity index (χ0n) is 9.25. The molecule has 1 fully saturated rings. The highest BCUT2D eigenvalue weighted by Crippen LogP contribution is 2.31. The summed E-state index contributed by atoms with van der Waals surface area (Å²) >= 11 is 0. The zero-order valence-corrected chi connectivity index (χ0v) is 9.25. The molecule has 1 rings (SSSR count). The van der Waals surface area contributed by atoms with Crippen LogP contribution in [0.25, 0.3) is 0 Å². The van der Waals surface area contributed by atoms with E-state index in [0.29, 0.717) is 12.5 Å². The van der Waals surface area contributed by atoms with E-state index in [1.165, 1.54) is 6.42 Å². The van der Waals surface area contributed by atoms with Crippen LogP contribution in [0.2, 0.25) is 0 Å². The van der Waals surface area contributed by atoms with Gasteiger partial charge in [-0.2, -0.15) is 0 Å². The lowest BCUT2D eigenvalue weighted by Gasteiger charge is -2.35. The van der Waals surface area contributed by atoms with Gasteiger partial charge in [0.1, 0.15) is 0 Å². The lowest BCUT2D eigenvalue weighted by atomic mass is 9.79. The first-order valence-electron chi connectivity index (χ1n) is 5.48. The Hall–Kier alpha value is -1.01. The fourth-order valence-corrected chi connectivity index (χ4v) is 2.21. The maximum atomic E-state index is 11.1. The second kappa shape index (κ2) is 5.18. The SMILES string of the molecule is C#CCC(=O)NCC1(O)CCCC(C)C1. The Morgan fingerprint density at radius 3 is 3.07 bits per heavy atom. The molecule has 1 saturated carbocycles. The minimum Gasteiger partial charge on any atom is -0.388 e. The van der Waals surface area contributed by atoms with Crippen LogP contribution in [-0.2, 0) is 4.79 Å². The van der Waals surface area contributed by atoms with Gasteiger partial charge in [-0.3, -0.25) is 4.79 Å². The van der Waals surface area contributed by atoms with Gasteiger partial charge in [-0.25, -0.2) is 0 Å². The van der Waals surface area contributed by atoms with Gasteiger partial charge in [0.2, 0.25) is 5.91 Å². The molecule has 0 aromatic rings. The van der Waals surface area contributed by atoms with E-state index in [1.807, 2.05) is 0 Å². The Labute approximate surface area is 91.3 Å². The highest BCUT2D eigenvalue weighted by atomic mass is 16.3. The number of carbonyl (C=O) groups excluding carboxylic acids is 1. The molecule has 3 heteroatoms. The van der Waals surface area contributed by atoms with Gasteiger partial charge in [0.25, 0.3) is 0 Å². The van der Waals surface area contributed by atoms with Crippen LogP contribution in [0.1, 0.15) is 39.0 Å². The number of terminal acetylenes is 1. The largest absolute Gasteiger partial charge is 0.388 e. The highest BCUT2D eigenvalue weighted by molar-refractivity contribution is 5.78. The van der Waals surface area contributed by atoms with Crippen molar-refractivity contribution in [1.82, 2.24) is 5.32 Å². The lowest BCUT2D eigenvalue weighted by Crippen LogP contribution is -2.45. The quantitative estimate of drug-likeness (QED) is 0.683. The number of aliphatic hydroxyl groups is 1. The van der Waals surface area contributed by atoms with E-state index in [1.54, 1.807) is 0 Å². The maximum Gasteiger partial charge on any atom is 0.232 e. The van der Waals surface area contributed by atoms with Crippen molar-refractivity contribution in [3.8, 4) is 12.3 Å². The van der Waals surface area contributed by atoms with Gasteiger partial charge < -0.3 is 10.4 Å². The zero-order chi connectivity index (χ0) is 11.3. The second-order valence-corrected chi connectivity index (χ2v) is 4.58. The van der Waals surface area contributed by atoms with E-state index in [0.717, 1.165) is 19.3 Å². The third-order valence-corrected chi connectivity index (χ3v) is 2.94. The van der Waals surface area contributed by atoms with Gasteiger partial charge in [-0.05, 0) is 18.8 Å². The number of hydrogen-bond acceptors (Lipinski definition) is 2. The fourth-order valence-electron chi connectivity index (χ4n) is 2.21. The van der Waals surface area contributed by atoms with E-state index < -0.39 is 5.60 Å². The van der Waals surface area contributed by atoms with Crippen molar-refractivity contribution in [2.45, 2.75) is 44.6 Å². The average molecular weight is 209 g/mol. The summed E-state index contributed by atoms with van der Waals surface area (Å²) in [6.45, 7) is 2.46. The van der Waals surface area contributed by atoms with Crippen LogP contribution in [-0.4, -0.2) is 23.2 Å². The number of amides is 1. The summed E-state index contributed by atoms with van der Waals surface area (Å²) in [6, 6.07) is 0. The van der Waals surface area contributed by atoms with Crippen molar-refractivity contribution in [1.29, 1.82) is 0 Å². The fraction of sp³-hybridized carbons (Fsp3) is 0.750. The van der Waals surface area contributed by atoms with E-state index in [9.17, 15) is 9.90 Å². The van der Waals surface area contributed by atoms with Crippen molar-refractivity contribution in [2.75, 3.05) is 6.54 Å². The summed E-state index contributed by atoms with van der Waals surface area (Å²) in [5.41, 5.74) is -0.720. The highest BCUT2D eigenvalue weighted by Gasteiger charge is 2.32. The summed E-state index contributed by atoms with van der Waals surface area (Å²) in [7, 11) is 0. The Kier molecular flexibility index (Phi) is 4.16. The van der Waals surface area contributed by atoms with Crippen LogP contribution < -0.4 is 5.32 Å². The van der Waals surface area contributed by atoms with Crippen LogP contribution in [0.5, 0.6) is 0 Å². The summed E-state index contributed by atoms with van der Waals surface area (Å²) in [5, 5.41) is 12.9. The van der Waals surface area contributed by atoms with Gasteiger partial charge in [0, 0.05) is 6.54 Å². The molecule has 0 heterocycles. The molecule has 2 atom stereocenters. The minimum absolute atomic E-state index is 0.0889. The first kappa shape index (κ1) is 12.1. The Morgan fingerprint density at radius 1 is 1.73 bits per heavy atom. The van der Waals surface area contributed by atoms with Gasteiger partial charge >= 0.3 is 0 Å². The predicted molar refractivity (Wildman–Crippen MR) is 59.0 cm³/mol. The molecule has 1 aliphatic carbocycles. The van der Waals surface area contributed by atoms with Crippen LogP contribution in [0, 0.1) is 18.3 Å². The van der Waals surface area contributed by atoms with Gasteiger partial charge in [0.15, 0.2) is 0 Å². The standard InChI is InChI=1S/C12H19NO2/c1-3-5-11(14)13-9-12(15)7-4-6-10(2)8-12/h1,10,15H,4-9H2,2H3,(H,13,14). The molecule has 2 N–H and O–H groups in total. The van der Waals surface area contributed by atoms with Crippen molar-refractivity contribution >= 4 is 5.91 Å². The molecule has 0 saturated heterocycles. The molecule has 1 amide bonds. The van der Waals surface area contributed by atoms with E-state index in [2.05, 4.69) is 18.2 Å². The molecule has 0 aromatic heterocycles.